The highest BCUT2D eigenvalue weighted by atomic mass is 19.4. The molecule has 5 rings (SSSR count). The van der Waals surface area contributed by atoms with Gasteiger partial charge < -0.3 is 5.11 Å². The van der Waals surface area contributed by atoms with Gasteiger partial charge in [0.1, 0.15) is 5.69 Å². The smallest absolute Gasteiger partial charge is 0.390 e. The molecule has 4 aliphatic rings. The van der Waals surface area contributed by atoms with Gasteiger partial charge in [-0.2, -0.15) is 13.2 Å². The van der Waals surface area contributed by atoms with Crippen LogP contribution in [0.5, 0.6) is 0 Å². The van der Waals surface area contributed by atoms with Crippen molar-refractivity contribution in [1.29, 1.82) is 0 Å². The first kappa shape index (κ1) is 16.8. The van der Waals surface area contributed by atoms with Gasteiger partial charge in [-0.25, -0.2) is 9.97 Å². The highest BCUT2D eigenvalue weighted by Gasteiger charge is 2.57. The summed E-state index contributed by atoms with van der Waals surface area (Å²) in [6.45, 7) is 0. The van der Waals surface area contributed by atoms with E-state index in [1.807, 2.05) is 0 Å². The van der Waals surface area contributed by atoms with Gasteiger partial charge in [-0.1, -0.05) is 0 Å². The lowest BCUT2D eigenvalue weighted by molar-refractivity contribution is -0.167. The number of hydrogen-bond donors (Lipinski definition) is 2. The number of carbonyl (C=O) groups is 1. The summed E-state index contributed by atoms with van der Waals surface area (Å²) in [5.41, 5.74) is -2.00. The lowest BCUT2D eigenvalue weighted by Crippen LogP contribution is -2.56. The molecule has 0 spiro atoms. The average molecular weight is 355 g/mol. The quantitative estimate of drug-likeness (QED) is 0.873. The van der Waals surface area contributed by atoms with Crippen LogP contribution in [0.2, 0.25) is 0 Å². The normalized spacial score (nSPS) is 36.5. The first-order valence-electron chi connectivity index (χ1n) is 8.57. The molecule has 1 aromatic heterocycles. The number of hydrogen-bond acceptors (Lipinski definition) is 4. The molecule has 8 heteroatoms. The van der Waals surface area contributed by atoms with Crippen LogP contribution in [0, 0.1) is 17.3 Å². The highest BCUT2D eigenvalue weighted by Crippen LogP contribution is 2.62. The first-order chi connectivity index (χ1) is 11.6. The molecular formula is C17H20F3N3O2. The summed E-state index contributed by atoms with van der Waals surface area (Å²) >= 11 is 0. The van der Waals surface area contributed by atoms with Crippen LogP contribution in [0.4, 0.5) is 19.1 Å². The predicted octanol–water partition coefficient (Wildman–Crippen LogP) is 3.16. The maximum atomic E-state index is 12.7. The Balaban J connectivity index is 1.46. The van der Waals surface area contributed by atoms with Crippen molar-refractivity contribution in [3.63, 3.8) is 0 Å². The lowest BCUT2D eigenvalue weighted by atomic mass is 9.47. The number of nitrogens with one attached hydrogen (secondary N) is 1. The van der Waals surface area contributed by atoms with Crippen molar-refractivity contribution in [2.24, 2.45) is 17.3 Å². The van der Waals surface area contributed by atoms with Gasteiger partial charge in [0.15, 0.2) is 0 Å². The van der Waals surface area contributed by atoms with Crippen LogP contribution in [-0.4, -0.2) is 26.6 Å². The zero-order valence-corrected chi connectivity index (χ0v) is 13.6. The monoisotopic (exact) mass is 355 g/mol. The Morgan fingerprint density at radius 3 is 2.56 bits per heavy atom. The second-order valence-corrected chi connectivity index (χ2v) is 8.17. The molecule has 1 heterocycles. The Labute approximate surface area is 143 Å². The number of aromatic nitrogens is 2. The van der Waals surface area contributed by atoms with Crippen LogP contribution in [0.3, 0.4) is 0 Å². The molecule has 2 N–H and O–H groups in total. The molecular weight excluding hydrogens is 335 g/mol. The van der Waals surface area contributed by atoms with E-state index in [-0.39, 0.29) is 23.7 Å². The third-order valence-corrected chi connectivity index (χ3v) is 5.88. The van der Waals surface area contributed by atoms with Crippen LogP contribution in [-0.2, 0) is 11.0 Å². The van der Waals surface area contributed by atoms with Gasteiger partial charge in [-0.3, -0.25) is 10.1 Å². The minimum atomic E-state index is -4.58. The third-order valence-electron chi connectivity index (χ3n) is 5.88. The van der Waals surface area contributed by atoms with Crippen LogP contribution in [0.15, 0.2) is 12.3 Å². The summed E-state index contributed by atoms with van der Waals surface area (Å²) in [6.07, 6.45) is 1.75. The number of alkyl halides is 3. The predicted molar refractivity (Wildman–Crippen MR) is 82.3 cm³/mol. The zero-order valence-electron chi connectivity index (χ0n) is 13.6. The number of nitrogens with zero attached hydrogens (tertiary/aromatic N) is 2. The maximum Gasteiger partial charge on any atom is 0.433 e. The highest BCUT2D eigenvalue weighted by molar-refractivity contribution is 5.89. The molecule has 1 aromatic rings. The molecule has 2 atom stereocenters. The minimum Gasteiger partial charge on any atom is -0.390 e. The van der Waals surface area contributed by atoms with Gasteiger partial charge in [0.2, 0.25) is 11.9 Å². The number of carbonyl (C=O) groups excluding carboxylic acids is 1. The average Bonchev–Trinajstić information content (AvgIpc) is 2.42. The number of halogens is 3. The van der Waals surface area contributed by atoms with E-state index in [0.29, 0.717) is 18.3 Å². The Kier molecular flexibility index (Phi) is 3.62. The first-order valence-corrected chi connectivity index (χ1v) is 8.57. The minimum absolute atomic E-state index is 0.196. The van der Waals surface area contributed by atoms with E-state index >= 15 is 0 Å². The van der Waals surface area contributed by atoms with E-state index < -0.39 is 17.5 Å². The molecule has 25 heavy (non-hydrogen) atoms. The van der Waals surface area contributed by atoms with Gasteiger partial charge in [0.05, 0.1) is 5.60 Å². The fourth-order valence-electron chi connectivity index (χ4n) is 5.70. The van der Waals surface area contributed by atoms with Crippen molar-refractivity contribution in [3.8, 4) is 0 Å². The summed E-state index contributed by atoms with van der Waals surface area (Å²) in [6, 6.07) is 0.768. The largest absolute Gasteiger partial charge is 0.433 e. The standard InChI is InChI=1S/C17H20F3N3O2/c18-17(19,20)12-1-2-21-14(22-12)23-13(24)8-15-4-10-3-11(5-15)7-16(25,6-10)9-15/h1-2,10-11,25H,3-9H2,(H,21,22,23,24). The van der Waals surface area contributed by atoms with Crippen molar-refractivity contribution < 1.29 is 23.1 Å². The Hall–Kier alpha value is -1.70. The maximum absolute atomic E-state index is 12.7. The fraction of sp³-hybridized carbons (Fsp3) is 0.706. The summed E-state index contributed by atoms with van der Waals surface area (Å²) in [4.78, 5) is 19.5. The van der Waals surface area contributed by atoms with Gasteiger partial charge in [-0.15, -0.1) is 0 Å². The van der Waals surface area contributed by atoms with Gasteiger partial charge in [0.25, 0.3) is 0 Å². The SMILES string of the molecule is O=C(CC12CC3CC(CC(O)(C3)C1)C2)Nc1nccc(C(F)(F)F)n1. The second kappa shape index (κ2) is 5.40. The topological polar surface area (TPSA) is 75.1 Å². The van der Waals surface area contributed by atoms with Crippen LogP contribution in [0.25, 0.3) is 0 Å². The molecule has 0 aliphatic heterocycles. The Morgan fingerprint density at radius 2 is 1.96 bits per heavy atom. The van der Waals surface area contributed by atoms with Crippen molar-refractivity contribution in [3.05, 3.63) is 18.0 Å². The van der Waals surface area contributed by atoms with Crippen LogP contribution < -0.4 is 5.32 Å². The summed E-state index contributed by atoms with van der Waals surface area (Å²) < 4.78 is 38.1. The number of anilines is 1. The fourth-order valence-corrected chi connectivity index (χ4v) is 5.70. The number of rotatable bonds is 3. The summed E-state index contributed by atoms with van der Waals surface area (Å²) in [7, 11) is 0. The second-order valence-electron chi connectivity index (χ2n) is 8.17. The van der Waals surface area contributed by atoms with E-state index in [0.717, 1.165) is 44.4 Å². The van der Waals surface area contributed by atoms with Crippen molar-refractivity contribution in [1.82, 2.24) is 9.97 Å². The Bertz CT molecular complexity index is 693. The van der Waals surface area contributed by atoms with Gasteiger partial charge >= 0.3 is 6.18 Å². The molecule has 136 valence electrons. The molecule has 4 aliphatic carbocycles. The summed E-state index contributed by atoms with van der Waals surface area (Å²) in [5, 5.41) is 13.1. The van der Waals surface area contributed by atoms with Crippen LogP contribution in [0.1, 0.15) is 50.6 Å². The van der Waals surface area contributed by atoms with E-state index in [2.05, 4.69) is 15.3 Å². The van der Waals surface area contributed by atoms with Crippen LogP contribution >= 0.6 is 0 Å². The van der Waals surface area contributed by atoms with E-state index in [1.165, 1.54) is 0 Å². The van der Waals surface area contributed by atoms with E-state index in [1.54, 1.807) is 0 Å². The molecule has 0 saturated heterocycles. The molecule has 1 amide bonds. The molecule has 4 bridgehead atoms. The third kappa shape index (κ3) is 3.23. The Morgan fingerprint density at radius 1 is 1.28 bits per heavy atom. The van der Waals surface area contributed by atoms with Crippen molar-refractivity contribution in [2.75, 3.05) is 5.32 Å². The molecule has 4 saturated carbocycles. The lowest BCUT2D eigenvalue weighted by Gasteiger charge is -2.60. The van der Waals surface area contributed by atoms with Crippen molar-refractivity contribution >= 4 is 11.9 Å². The van der Waals surface area contributed by atoms with E-state index in [4.69, 9.17) is 0 Å². The summed E-state index contributed by atoms with van der Waals surface area (Å²) in [5.74, 6) is 0.181. The number of amides is 1. The van der Waals surface area contributed by atoms with Gasteiger partial charge in [-0.05, 0) is 61.8 Å². The molecule has 0 radical (unpaired) electrons. The molecule has 4 fully saturated rings. The van der Waals surface area contributed by atoms with Crippen molar-refractivity contribution in [2.45, 2.75) is 56.7 Å². The molecule has 2 unspecified atom stereocenters. The van der Waals surface area contributed by atoms with E-state index in [9.17, 15) is 23.1 Å². The molecule has 5 nitrogen and oxygen atoms in total. The molecule has 0 aromatic carbocycles. The number of aliphatic hydroxyl groups is 1. The van der Waals surface area contributed by atoms with Gasteiger partial charge in [0, 0.05) is 12.6 Å². The zero-order chi connectivity index (χ0) is 17.9.